The Balaban J connectivity index is 1.18. The van der Waals surface area contributed by atoms with E-state index in [9.17, 15) is 8.78 Å². The second kappa shape index (κ2) is 12.6. The molecule has 41 heavy (non-hydrogen) atoms. The van der Waals surface area contributed by atoms with Crippen molar-refractivity contribution in [3.63, 3.8) is 0 Å². The van der Waals surface area contributed by atoms with Gasteiger partial charge in [-0.15, -0.1) is 0 Å². The van der Waals surface area contributed by atoms with Gasteiger partial charge in [-0.05, 0) is 67.9 Å². The molecule has 0 unspecified atom stereocenters. The number of nitrogens with zero attached hydrogens (tertiary/aromatic N) is 5. The summed E-state index contributed by atoms with van der Waals surface area (Å²) < 4.78 is 42.5. The molecule has 0 bridgehead atoms. The van der Waals surface area contributed by atoms with Crippen LogP contribution in [0.3, 0.4) is 0 Å². The lowest BCUT2D eigenvalue weighted by Gasteiger charge is -2.29. The number of rotatable bonds is 12. The Morgan fingerprint density at radius 3 is 2.49 bits per heavy atom. The summed E-state index contributed by atoms with van der Waals surface area (Å²) >= 11 is 0. The standard InChI is InChI=1S/C31H36F2N6O2/c1-3-38(15-14-37(2)26-7-5-25(34)6-8-26)27-9-11-28(12-10-27)40-18-23-17-31(41-19-23,20-39-22-35-21-36-39)29-13-4-24(32)16-30(29)33/h4-13,16,21-23H,3,14-15,17-20,34H2,1-2H3/t23-,31+/m1/s1. The largest absolute Gasteiger partial charge is 0.493 e. The minimum absolute atomic E-state index is 0.0127. The Kier molecular flexibility index (Phi) is 8.68. The number of halogens is 2. The van der Waals surface area contributed by atoms with Crippen LogP contribution < -0.4 is 20.3 Å². The van der Waals surface area contributed by atoms with E-state index >= 15 is 0 Å². The van der Waals surface area contributed by atoms with E-state index in [1.165, 1.54) is 18.5 Å². The van der Waals surface area contributed by atoms with E-state index in [-0.39, 0.29) is 12.5 Å². The second-order valence-electron chi connectivity index (χ2n) is 10.5. The van der Waals surface area contributed by atoms with Gasteiger partial charge in [-0.2, -0.15) is 5.10 Å². The van der Waals surface area contributed by atoms with Gasteiger partial charge in [0.2, 0.25) is 0 Å². The Labute approximate surface area is 239 Å². The molecule has 216 valence electrons. The van der Waals surface area contributed by atoms with Gasteiger partial charge in [0.25, 0.3) is 0 Å². The quantitative estimate of drug-likeness (QED) is 0.240. The molecule has 0 amide bonds. The molecule has 2 atom stereocenters. The molecular formula is C31H36F2N6O2. The molecule has 0 saturated carbocycles. The van der Waals surface area contributed by atoms with E-state index in [1.807, 2.05) is 36.4 Å². The fourth-order valence-corrected chi connectivity index (χ4v) is 5.35. The molecule has 2 heterocycles. The topological polar surface area (TPSA) is 81.7 Å². The summed E-state index contributed by atoms with van der Waals surface area (Å²) in [7, 11) is 2.08. The highest BCUT2D eigenvalue weighted by molar-refractivity contribution is 5.53. The van der Waals surface area contributed by atoms with Crippen molar-refractivity contribution >= 4 is 17.1 Å². The lowest BCUT2D eigenvalue weighted by Crippen LogP contribution is -2.33. The van der Waals surface area contributed by atoms with E-state index in [4.69, 9.17) is 15.2 Å². The van der Waals surface area contributed by atoms with Crippen LogP contribution in [-0.4, -0.2) is 54.7 Å². The minimum atomic E-state index is -0.996. The van der Waals surface area contributed by atoms with Crippen LogP contribution in [0.2, 0.25) is 0 Å². The molecule has 8 nitrogen and oxygen atoms in total. The van der Waals surface area contributed by atoms with Crippen molar-refractivity contribution in [1.82, 2.24) is 14.8 Å². The van der Waals surface area contributed by atoms with Crippen molar-refractivity contribution in [2.75, 3.05) is 55.4 Å². The molecule has 3 aromatic carbocycles. The molecule has 0 aliphatic carbocycles. The number of hydrogen-bond donors (Lipinski definition) is 1. The molecule has 10 heteroatoms. The van der Waals surface area contributed by atoms with Crippen LogP contribution in [-0.2, 0) is 16.9 Å². The molecule has 1 aliphatic heterocycles. The highest BCUT2D eigenvalue weighted by Gasteiger charge is 2.44. The van der Waals surface area contributed by atoms with E-state index < -0.39 is 17.2 Å². The Hall–Kier alpha value is -4.18. The molecule has 1 aliphatic rings. The number of hydrogen-bond acceptors (Lipinski definition) is 7. The summed E-state index contributed by atoms with van der Waals surface area (Å²) in [5.41, 5.74) is 8.13. The predicted molar refractivity (Wildman–Crippen MR) is 156 cm³/mol. The van der Waals surface area contributed by atoms with Crippen molar-refractivity contribution in [3.05, 3.63) is 96.6 Å². The van der Waals surface area contributed by atoms with Crippen LogP contribution in [0, 0.1) is 17.6 Å². The summed E-state index contributed by atoms with van der Waals surface area (Å²) in [6, 6.07) is 19.6. The first kappa shape index (κ1) is 28.4. The SMILES string of the molecule is CCN(CCN(C)c1ccc(N)cc1)c1ccc(OC[C@@H]2CO[C@@](Cn3cncn3)(c3ccc(F)cc3F)C2)cc1. The molecule has 1 aromatic heterocycles. The van der Waals surface area contributed by atoms with Crippen molar-refractivity contribution in [3.8, 4) is 5.75 Å². The minimum Gasteiger partial charge on any atom is -0.493 e. The highest BCUT2D eigenvalue weighted by atomic mass is 19.1. The average Bonchev–Trinajstić information content (AvgIpc) is 3.63. The summed E-state index contributed by atoms with van der Waals surface area (Å²) in [4.78, 5) is 8.52. The number of likely N-dealkylation sites (N-methyl/N-ethyl adjacent to an activating group) is 2. The van der Waals surface area contributed by atoms with Crippen LogP contribution >= 0.6 is 0 Å². The number of aromatic nitrogens is 3. The fourth-order valence-electron chi connectivity index (χ4n) is 5.35. The third kappa shape index (κ3) is 6.77. The number of benzene rings is 3. The number of nitrogens with two attached hydrogens (primary N) is 1. The van der Waals surface area contributed by atoms with Crippen molar-refractivity contribution in [2.24, 2.45) is 5.92 Å². The summed E-state index contributed by atoms with van der Waals surface area (Å²) in [6.45, 7) is 5.81. The van der Waals surface area contributed by atoms with E-state index in [0.717, 1.165) is 48.5 Å². The number of anilines is 3. The third-order valence-corrected chi connectivity index (χ3v) is 7.63. The zero-order chi connectivity index (χ0) is 28.8. The van der Waals surface area contributed by atoms with Gasteiger partial charge < -0.3 is 25.0 Å². The summed E-state index contributed by atoms with van der Waals surface area (Å²) in [6.07, 6.45) is 3.48. The van der Waals surface area contributed by atoms with Crippen LogP contribution in [0.15, 0.2) is 79.4 Å². The van der Waals surface area contributed by atoms with Gasteiger partial charge in [0.15, 0.2) is 0 Å². The van der Waals surface area contributed by atoms with Gasteiger partial charge in [0, 0.05) is 61.3 Å². The maximum atomic E-state index is 14.9. The van der Waals surface area contributed by atoms with Crippen LogP contribution in [0.25, 0.3) is 0 Å². The third-order valence-electron chi connectivity index (χ3n) is 7.63. The molecular weight excluding hydrogens is 526 g/mol. The maximum Gasteiger partial charge on any atom is 0.137 e. The van der Waals surface area contributed by atoms with Crippen molar-refractivity contribution < 1.29 is 18.3 Å². The number of ether oxygens (including phenoxy) is 2. The highest BCUT2D eigenvalue weighted by Crippen LogP contribution is 2.42. The average molecular weight is 563 g/mol. The van der Waals surface area contributed by atoms with Crippen LogP contribution in [0.5, 0.6) is 5.75 Å². The smallest absolute Gasteiger partial charge is 0.137 e. The lowest BCUT2D eigenvalue weighted by molar-refractivity contribution is -0.0206. The zero-order valence-electron chi connectivity index (χ0n) is 23.4. The molecule has 0 radical (unpaired) electrons. The molecule has 5 rings (SSSR count). The van der Waals surface area contributed by atoms with Crippen molar-refractivity contribution in [1.29, 1.82) is 0 Å². The molecule has 1 saturated heterocycles. The van der Waals surface area contributed by atoms with Gasteiger partial charge in [0.1, 0.15) is 35.6 Å². The van der Waals surface area contributed by atoms with Gasteiger partial charge in [-0.1, -0.05) is 6.07 Å². The van der Waals surface area contributed by atoms with E-state index in [0.29, 0.717) is 25.2 Å². The normalized spacial score (nSPS) is 18.4. The van der Waals surface area contributed by atoms with Crippen LogP contribution in [0.4, 0.5) is 25.8 Å². The second-order valence-corrected chi connectivity index (χ2v) is 10.5. The first-order valence-electron chi connectivity index (χ1n) is 13.8. The summed E-state index contributed by atoms with van der Waals surface area (Å²) in [5.74, 6) is -0.495. The first-order valence-corrected chi connectivity index (χ1v) is 13.8. The Morgan fingerprint density at radius 2 is 1.80 bits per heavy atom. The monoisotopic (exact) mass is 562 g/mol. The van der Waals surface area contributed by atoms with Gasteiger partial charge >= 0.3 is 0 Å². The molecule has 0 spiro atoms. The zero-order valence-corrected chi connectivity index (χ0v) is 23.4. The van der Waals surface area contributed by atoms with E-state index in [2.05, 4.69) is 46.0 Å². The molecule has 4 aromatic rings. The molecule has 1 fully saturated rings. The first-order chi connectivity index (χ1) is 19.8. The lowest BCUT2D eigenvalue weighted by atomic mass is 9.87. The fraction of sp³-hybridized carbons (Fsp3) is 0.355. The predicted octanol–water partition coefficient (Wildman–Crippen LogP) is 5.11. The van der Waals surface area contributed by atoms with Gasteiger partial charge in [-0.25, -0.2) is 18.4 Å². The maximum absolute atomic E-state index is 14.9. The van der Waals surface area contributed by atoms with Gasteiger partial charge in [-0.3, -0.25) is 0 Å². The summed E-state index contributed by atoms with van der Waals surface area (Å²) in [5, 5.41) is 4.17. The van der Waals surface area contributed by atoms with Gasteiger partial charge in [0.05, 0.1) is 19.8 Å². The Bertz CT molecular complexity index is 1400. The molecule has 2 N–H and O–H groups in total. The van der Waals surface area contributed by atoms with E-state index in [1.54, 1.807) is 11.0 Å². The van der Waals surface area contributed by atoms with Crippen LogP contribution in [0.1, 0.15) is 18.9 Å². The van der Waals surface area contributed by atoms with Crippen molar-refractivity contribution in [2.45, 2.75) is 25.5 Å². The number of nitrogen functional groups attached to an aromatic ring is 1. The Morgan fingerprint density at radius 1 is 1.05 bits per heavy atom.